The average Bonchev–Trinajstić information content (AvgIpc) is 3.22. The molecule has 2 aromatic rings. The van der Waals surface area contributed by atoms with Crippen LogP contribution in [0.25, 0.3) is 5.76 Å². The quantitative estimate of drug-likeness (QED) is 0.397. The number of rotatable bonds is 7. The fraction of sp³-hybridized carbons (Fsp3) is 0.417. The molecule has 1 atom stereocenters. The number of Topliss-reactive ketones (excluding diaryl/α,β-unsaturated/α-hetero) is 1. The lowest BCUT2D eigenvalue weighted by Crippen LogP contribution is -2.35. The molecular weight excluding hydrogens is 412 g/mol. The zero-order chi connectivity index (χ0) is 22.9. The standard InChI is InChI=1S/C24H30N2O4S/c1-14(2)30-18-8-7-17(13-16(18)4)21(27)19-20(23-15(3)9-12-31-23)26(11-10-25(5)6)24(29)22(19)28/h7-9,12-14,20,27H,10-11H2,1-6H3/b21-19-. The van der Waals surface area contributed by atoms with Crippen LogP contribution in [0.4, 0.5) is 0 Å². The summed E-state index contributed by atoms with van der Waals surface area (Å²) in [5.41, 5.74) is 2.49. The number of hydrogen-bond acceptors (Lipinski definition) is 6. The van der Waals surface area contributed by atoms with E-state index >= 15 is 0 Å². The molecule has 31 heavy (non-hydrogen) atoms. The number of likely N-dealkylation sites (tertiary alicyclic amines) is 1. The van der Waals surface area contributed by atoms with E-state index in [1.807, 2.05) is 58.1 Å². The normalized spacial score (nSPS) is 18.5. The van der Waals surface area contributed by atoms with Crippen molar-refractivity contribution in [3.8, 4) is 5.75 Å². The Morgan fingerprint density at radius 1 is 1.19 bits per heavy atom. The molecule has 6 nitrogen and oxygen atoms in total. The van der Waals surface area contributed by atoms with E-state index in [1.165, 1.54) is 11.3 Å². The van der Waals surface area contributed by atoms with Crippen molar-refractivity contribution in [3.05, 3.63) is 56.8 Å². The van der Waals surface area contributed by atoms with Crippen molar-refractivity contribution in [2.45, 2.75) is 39.8 Å². The van der Waals surface area contributed by atoms with Crippen molar-refractivity contribution >= 4 is 28.8 Å². The maximum atomic E-state index is 13.0. The number of hydrogen-bond donors (Lipinski definition) is 1. The van der Waals surface area contributed by atoms with Crippen molar-refractivity contribution in [1.29, 1.82) is 0 Å². The molecule has 7 heteroatoms. The van der Waals surface area contributed by atoms with Crippen molar-refractivity contribution < 1.29 is 19.4 Å². The molecule has 0 aliphatic carbocycles. The lowest BCUT2D eigenvalue weighted by atomic mass is 9.97. The number of aliphatic hydroxyl groups is 1. The first-order valence-electron chi connectivity index (χ1n) is 10.4. The number of thiophene rings is 1. The molecular formula is C24H30N2O4S. The van der Waals surface area contributed by atoms with E-state index in [2.05, 4.69) is 0 Å². The van der Waals surface area contributed by atoms with Gasteiger partial charge in [-0.2, -0.15) is 0 Å². The van der Waals surface area contributed by atoms with Crippen LogP contribution in [0.2, 0.25) is 0 Å². The number of amides is 1. The highest BCUT2D eigenvalue weighted by molar-refractivity contribution is 7.10. The van der Waals surface area contributed by atoms with Gasteiger partial charge in [0.05, 0.1) is 17.7 Å². The minimum Gasteiger partial charge on any atom is -0.507 e. The van der Waals surface area contributed by atoms with Crippen LogP contribution in [-0.4, -0.2) is 59.9 Å². The molecule has 1 saturated heterocycles. The summed E-state index contributed by atoms with van der Waals surface area (Å²) in [6.07, 6.45) is 0.0296. The Labute approximate surface area is 187 Å². The third-order valence-corrected chi connectivity index (χ3v) is 6.36. The molecule has 2 heterocycles. The van der Waals surface area contributed by atoms with E-state index in [0.29, 0.717) is 18.7 Å². The highest BCUT2D eigenvalue weighted by Gasteiger charge is 2.46. The van der Waals surface area contributed by atoms with Crippen LogP contribution in [0.5, 0.6) is 5.75 Å². The highest BCUT2D eigenvalue weighted by atomic mass is 32.1. The van der Waals surface area contributed by atoms with Crippen molar-refractivity contribution in [1.82, 2.24) is 9.80 Å². The molecule has 1 aromatic heterocycles. The minimum absolute atomic E-state index is 0.0296. The summed E-state index contributed by atoms with van der Waals surface area (Å²) in [6.45, 7) is 8.77. The second-order valence-corrected chi connectivity index (χ2v) is 9.36. The fourth-order valence-corrected chi connectivity index (χ4v) is 4.74. The Kier molecular flexibility index (Phi) is 6.86. The topological polar surface area (TPSA) is 70.1 Å². The van der Waals surface area contributed by atoms with E-state index in [-0.39, 0.29) is 17.4 Å². The third kappa shape index (κ3) is 4.67. The number of carbonyl (C=O) groups is 2. The molecule has 1 fully saturated rings. The van der Waals surface area contributed by atoms with Gasteiger partial charge in [0.1, 0.15) is 11.5 Å². The van der Waals surface area contributed by atoms with E-state index in [9.17, 15) is 14.7 Å². The predicted molar refractivity (Wildman–Crippen MR) is 124 cm³/mol. The molecule has 3 rings (SSSR count). The van der Waals surface area contributed by atoms with Crippen LogP contribution in [0.1, 0.15) is 41.5 Å². The van der Waals surface area contributed by atoms with Crippen molar-refractivity contribution in [3.63, 3.8) is 0 Å². The van der Waals surface area contributed by atoms with Gasteiger partial charge in [0, 0.05) is 23.5 Å². The molecule has 1 unspecified atom stereocenters. The number of ether oxygens (including phenoxy) is 1. The Morgan fingerprint density at radius 3 is 2.45 bits per heavy atom. The SMILES string of the molecule is Cc1cc(/C(O)=C2/C(=O)C(=O)N(CCN(C)C)C2c2sccc2C)ccc1OC(C)C. The molecule has 0 spiro atoms. The molecule has 1 aromatic carbocycles. The van der Waals surface area contributed by atoms with Gasteiger partial charge in [0.2, 0.25) is 0 Å². The second-order valence-electron chi connectivity index (χ2n) is 8.41. The van der Waals surface area contributed by atoms with Crippen LogP contribution in [0, 0.1) is 13.8 Å². The smallest absolute Gasteiger partial charge is 0.295 e. The average molecular weight is 443 g/mol. The summed E-state index contributed by atoms with van der Waals surface area (Å²) in [5.74, 6) is -0.641. The van der Waals surface area contributed by atoms with E-state index in [0.717, 1.165) is 21.8 Å². The Bertz CT molecular complexity index is 1020. The van der Waals surface area contributed by atoms with Gasteiger partial charge in [-0.25, -0.2) is 0 Å². The number of ketones is 1. The van der Waals surface area contributed by atoms with Gasteiger partial charge in [0.15, 0.2) is 0 Å². The first kappa shape index (κ1) is 23.0. The molecule has 1 amide bonds. The predicted octanol–water partition coefficient (Wildman–Crippen LogP) is 4.14. The first-order chi connectivity index (χ1) is 14.6. The molecule has 1 N–H and O–H groups in total. The van der Waals surface area contributed by atoms with Crippen LogP contribution >= 0.6 is 11.3 Å². The molecule has 0 radical (unpaired) electrons. The number of aryl methyl sites for hydroxylation is 2. The lowest BCUT2D eigenvalue weighted by molar-refractivity contribution is -0.140. The number of nitrogens with zero attached hydrogens (tertiary/aromatic N) is 2. The second kappa shape index (κ2) is 9.24. The fourth-order valence-electron chi connectivity index (χ4n) is 3.69. The van der Waals surface area contributed by atoms with Gasteiger partial charge in [0.25, 0.3) is 11.7 Å². The van der Waals surface area contributed by atoms with Crippen LogP contribution in [0.3, 0.4) is 0 Å². The van der Waals surface area contributed by atoms with Gasteiger partial charge in [-0.05, 0) is 82.6 Å². The maximum Gasteiger partial charge on any atom is 0.295 e. The Morgan fingerprint density at radius 2 is 1.90 bits per heavy atom. The van der Waals surface area contributed by atoms with E-state index in [4.69, 9.17) is 4.74 Å². The summed E-state index contributed by atoms with van der Waals surface area (Å²) in [6, 6.07) is 6.68. The van der Waals surface area contributed by atoms with Gasteiger partial charge in [-0.15, -0.1) is 11.3 Å². The maximum absolute atomic E-state index is 13.0. The van der Waals surface area contributed by atoms with Gasteiger partial charge < -0.3 is 19.6 Å². The first-order valence-corrected chi connectivity index (χ1v) is 11.2. The summed E-state index contributed by atoms with van der Waals surface area (Å²) >= 11 is 1.49. The minimum atomic E-state index is -0.644. The van der Waals surface area contributed by atoms with E-state index < -0.39 is 17.7 Å². The third-order valence-electron chi connectivity index (χ3n) is 5.29. The van der Waals surface area contributed by atoms with Crippen LogP contribution < -0.4 is 4.74 Å². The summed E-state index contributed by atoms with van der Waals surface area (Å²) in [5, 5.41) is 13.1. The van der Waals surface area contributed by atoms with Gasteiger partial charge >= 0.3 is 0 Å². The van der Waals surface area contributed by atoms with Gasteiger partial charge in [-0.1, -0.05) is 0 Å². The number of benzene rings is 1. The summed E-state index contributed by atoms with van der Waals surface area (Å²) in [7, 11) is 3.84. The molecule has 0 bridgehead atoms. The molecule has 1 aliphatic rings. The highest BCUT2D eigenvalue weighted by Crippen LogP contribution is 2.42. The van der Waals surface area contributed by atoms with Crippen molar-refractivity contribution in [2.75, 3.05) is 27.2 Å². The Hall–Kier alpha value is -2.64. The van der Waals surface area contributed by atoms with Crippen molar-refractivity contribution in [2.24, 2.45) is 0 Å². The zero-order valence-electron chi connectivity index (χ0n) is 18.9. The lowest BCUT2D eigenvalue weighted by Gasteiger charge is -2.26. The molecule has 166 valence electrons. The summed E-state index contributed by atoms with van der Waals surface area (Å²) in [4.78, 5) is 30.4. The van der Waals surface area contributed by atoms with Crippen LogP contribution in [0.15, 0.2) is 35.2 Å². The molecule has 0 saturated carbocycles. The van der Waals surface area contributed by atoms with Crippen LogP contribution in [-0.2, 0) is 9.59 Å². The monoisotopic (exact) mass is 442 g/mol. The zero-order valence-corrected chi connectivity index (χ0v) is 19.7. The summed E-state index contributed by atoms with van der Waals surface area (Å²) < 4.78 is 5.78. The largest absolute Gasteiger partial charge is 0.507 e. The van der Waals surface area contributed by atoms with Gasteiger partial charge in [-0.3, -0.25) is 9.59 Å². The number of carbonyl (C=O) groups excluding carboxylic acids is 2. The van der Waals surface area contributed by atoms with E-state index in [1.54, 1.807) is 23.1 Å². The Balaban J connectivity index is 2.10. The number of aliphatic hydroxyl groups excluding tert-OH is 1. The number of likely N-dealkylation sites (N-methyl/N-ethyl adjacent to an activating group) is 1. The molecule has 1 aliphatic heterocycles.